The van der Waals surface area contributed by atoms with E-state index in [4.69, 9.17) is 9.47 Å². The molecule has 2 heterocycles. The highest BCUT2D eigenvalue weighted by atomic mass is 16.5. The van der Waals surface area contributed by atoms with E-state index < -0.39 is 5.91 Å². The number of benzene rings is 1. The fraction of sp³-hybridized carbons (Fsp3) is 0.250. The number of anilines is 1. The molecule has 1 aromatic heterocycles. The molecule has 8 nitrogen and oxygen atoms in total. The summed E-state index contributed by atoms with van der Waals surface area (Å²) in [6.07, 6.45) is 2.02. The van der Waals surface area contributed by atoms with E-state index in [0.717, 1.165) is 12.0 Å². The zero-order valence-corrected chi connectivity index (χ0v) is 13.3. The van der Waals surface area contributed by atoms with Crippen LogP contribution in [0.2, 0.25) is 0 Å². The Morgan fingerprint density at radius 1 is 1.21 bits per heavy atom. The number of amides is 2. The van der Waals surface area contributed by atoms with Gasteiger partial charge in [0.1, 0.15) is 6.33 Å². The van der Waals surface area contributed by atoms with Crippen LogP contribution < -0.4 is 20.1 Å². The van der Waals surface area contributed by atoms with Gasteiger partial charge in [-0.1, -0.05) is 6.07 Å². The molecule has 124 valence electrons. The molecule has 0 saturated heterocycles. The van der Waals surface area contributed by atoms with Crippen molar-refractivity contribution in [3.63, 3.8) is 0 Å². The van der Waals surface area contributed by atoms with Crippen molar-refractivity contribution in [2.75, 3.05) is 26.1 Å². The summed E-state index contributed by atoms with van der Waals surface area (Å²) in [6, 6.07) is 5.22. The molecule has 2 N–H and O–H groups in total. The van der Waals surface area contributed by atoms with Gasteiger partial charge in [-0.15, -0.1) is 0 Å². The molecule has 0 fully saturated rings. The maximum absolute atomic E-state index is 12.6. The average molecular weight is 328 g/mol. The van der Waals surface area contributed by atoms with E-state index in [0.29, 0.717) is 17.8 Å². The molecule has 0 aliphatic carbocycles. The van der Waals surface area contributed by atoms with E-state index in [2.05, 4.69) is 20.6 Å². The summed E-state index contributed by atoms with van der Waals surface area (Å²) >= 11 is 0. The molecule has 8 heteroatoms. The van der Waals surface area contributed by atoms with Crippen molar-refractivity contribution in [1.29, 1.82) is 0 Å². The van der Waals surface area contributed by atoms with Crippen molar-refractivity contribution in [2.45, 2.75) is 6.42 Å². The zero-order chi connectivity index (χ0) is 17.1. The number of methoxy groups -OCH3 is 2. The van der Waals surface area contributed by atoms with E-state index in [-0.39, 0.29) is 23.2 Å². The second kappa shape index (κ2) is 6.53. The third-order valence-electron chi connectivity index (χ3n) is 3.68. The predicted molar refractivity (Wildman–Crippen MR) is 85.6 cm³/mol. The summed E-state index contributed by atoms with van der Waals surface area (Å²) in [4.78, 5) is 32.3. The number of hydrogen-bond donors (Lipinski definition) is 2. The van der Waals surface area contributed by atoms with E-state index >= 15 is 0 Å². The van der Waals surface area contributed by atoms with Gasteiger partial charge in [-0.05, 0) is 24.1 Å². The van der Waals surface area contributed by atoms with Crippen LogP contribution in [0.4, 0.5) is 5.69 Å². The Bertz CT molecular complexity index is 784. The van der Waals surface area contributed by atoms with Crippen LogP contribution in [0.25, 0.3) is 0 Å². The smallest absolute Gasteiger partial charge is 0.266 e. The van der Waals surface area contributed by atoms with E-state index in [1.807, 2.05) is 6.07 Å². The van der Waals surface area contributed by atoms with Crippen LogP contribution in [0.1, 0.15) is 26.3 Å². The number of ether oxygens (including phenoxy) is 2. The van der Waals surface area contributed by atoms with E-state index in [9.17, 15) is 9.59 Å². The molecule has 0 unspecified atom stereocenters. The average Bonchev–Trinajstić information content (AvgIpc) is 2.61. The van der Waals surface area contributed by atoms with Gasteiger partial charge in [-0.3, -0.25) is 9.59 Å². The van der Waals surface area contributed by atoms with Gasteiger partial charge >= 0.3 is 0 Å². The Hall–Kier alpha value is -3.16. The van der Waals surface area contributed by atoms with Gasteiger partial charge in [-0.25, -0.2) is 9.97 Å². The first kappa shape index (κ1) is 15.7. The summed E-state index contributed by atoms with van der Waals surface area (Å²) in [6.45, 7) is 0.618. The molecular weight excluding hydrogens is 312 g/mol. The number of carbonyl (C=O) groups is 2. The minimum absolute atomic E-state index is 0.0877. The Balaban J connectivity index is 1.91. The maximum atomic E-state index is 12.6. The van der Waals surface area contributed by atoms with Crippen LogP contribution in [0.5, 0.6) is 11.8 Å². The van der Waals surface area contributed by atoms with Gasteiger partial charge in [0.25, 0.3) is 11.8 Å². The van der Waals surface area contributed by atoms with Crippen molar-refractivity contribution in [1.82, 2.24) is 15.3 Å². The monoisotopic (exact) mass is 328 g/mol. The second-order valence-corrected chi connectivity index (χ2v) is 5.10. The van der Waals surface area contributed by atoms with Gasteiger partial charge < -0.3 is 20.1 Å². The van der Waals surface area contributed by atoms with Crippen molar-refractivity contribution in [3.8, 4) is 11.8 Å². The third-order valence-corrected chi connectivity index (χ3v) is 3.68. The van der Waals surface area contributed by atoms with Crippen molar-refractivity contribution in [2.24, 2.45) is 0 Å². The van der Waals surface area contributed by atoms with Crippen LogP contribution >= 0.6 is 0 Å². The molecule has 2 amide bonds. The lowest BCUT2D eigenvalue weighted by Gasteiger charge is -2.17. The minimum atomic E-state index is -0.486. The SMILES string of the molecule is COc1ncnc(OC)c1C(=O)Nc1ccc2c(c1)C(=O)NCC2. The van der Waals surface area contributed by atoms with Crippen molar-refractivity contribution < 1.29 is 19.1 Å². The zero-order valence-electron chi connectivity index (χ0n) is 13.3. The normalized spacial score (nSPS) is 12.8. The number of carbonyl (C=O) groups excluding carboxylic acids is 2. The minimum Gasteiger partial charge on any atom is -0.480 e. The lowest BCUT2D eigenvalue weighted by atomic mass is 10.00. The van der Waals surface area contributed by atoms with E-state index in [1.54, 1.807) is 12.1 Å². The first-order valence-corrected chi connectivity index (χ1v) is 7.29. The van der Waals surface area contributed by atoms with Gasteiger partial charge in [0.2, 0.25) is 11.8 Å². The molecule has 24 heavy (non-hydrogen) atoms. The number of fused-ring (bicyclic) bond motifs is 1. The Kier molecular flexibility index (Phi) is 4.28. The first-order valence-electron chi connectivity index (χ1n) is 7.29. The van der Waals surface area contributed by atoms with Gasteiger partial charge in [0.05, 0.1) is 14.2 Å². The fourth-order valence-corrected chi connectivity index (χ4v) is 2.54. The van der Waals surface area contributed by atoms with Crippen LogP contribution in [-0.2, 0) is 6.42 Å². The molecule has 0 spiro atoms. The number of aromatic nitrogens is 2. The number of rotatable bonds is 4. The lowest BCUT2D eigenvalue weighted by Crippen LogP contribution is -2.31. The second-order valence-electron chi connectivity index (χ2n) is 5.10. The summed E-state index contributed by atoms with van der Waals surface area (Å²) < 4.78 is 10.2. The van der Waals surface area contributed by atoms with Gasteiger partial charge in [0.15, 0.2) is 5.56 Å². The fourth-order valence-electron chi connectivity index (χ4n) is 2.54. The Labute approximate surface area is 138 Å². The summed E-state index contributed by atoms with van der Waals surface area (Å²) in [5.74, 6) is -0.420. The molecule has 0 radical (unpaired) electrons. The summed E-state index contributed by atoms with van der Waals surface area (Å²) in [7, 11) is 2.81. The number of nitrogens with one attached hydrogen (secondary N) is 2. The molecule has 3 rings (SSSR count). The molecule has 1 aromatic carbocycles. The first-order chi connectivity index (χ1) is 11.6. The molecule has 0 atom stereocenters. The maximum Gasteiger partial charge on any atom is 0.266 e. The third kappa shape index (κ3) is 2.85. The van der Waals surface area contributed by atoms with Crippen molar-refractivity contribution >= 4 is 17.5 Å². The molecule has 0 bridgehead atoms. The van der Waals surface area contributed by atoms with Crippen molar-refractivity contribution in [3.05, 3.63) is 41.2 Å². The van der Waals surface area contributed by atoms with Crippen LogP contribution in [0.3, 0.4) is 0 Å². The Morgan fingerprint density at radius 3 is 2.58 bits per heavy atom. The molecular formula is C16H16N4O4. The van der Waals surface area contributed by atoms with E-state index in [1.165, 1.54) is 20.5 Å². The largest absolute Gasteiger partial charge is 0.480 e. The predicted octanol–water partition coefficient (Wildman–Crippen LogP) is 1.03. The highest BCUT2D eigenvalue weighted by Gasteiger charge is 2.22. The Morgan fingerprint density at radius 2 is 1.92 bits per heavy atom. The highest BCUT2D eigenvalue weighted by molar-refractivity contribution is 6.08. The molecule has 1 aliphatic heterocycles. The summed E-state index contributed by atoms with van der Waals surface area (Å²) in [5.41, 5.74) is 2.09. The molecule has 2 aromatic rings. The number of nitrogens with zero attached hydrogens (tertiary/aromatic N) is 2. The van der Waals surface area contributed by atoms with Crippen LogP contribution in [0, 0.1) is 0 Å². The topological polar surface area (TPSA) is 102 Å². The van der Waals surface area contributed by atoms with Gasteiger partial charge in [0, 0.05) is 17.8 Å². The van der Waals surface area contributed by atoms with Gasteiger partial charge in [-0.2, -0.15) is 0 Å². The quantitative estimate of drug-likeness (QED) is 0.869. The number of hydrogen-bond acceptors (Lipinski definition) is 6. The molecule has 1 aliphatic rings. The lowest BCUT2D eigenvalue weighted by molar-refractivity contribution is 0.0944. The van der Waals surface area contributed by atoms with Crippen LogP contribution in [-0.4, -0.2) is 42.5 Å². The standard InChI is InChI=1S/C16H16N4O4/c1-23-15-12(16(24-2)19-8-18-15)14(22)20-10-4-3-9-5-6-17-13(21)11(9)7-10/h3-4,7-8H,5-6H2,1-2H3,(H,17,21)(H,20,22). The summed E-state index contributed by atoms with van der Waals surface area (Å²) in [5, 5.41) is 5.49. The molecule has 0 saturated carbocycles. The van der Waals surface area contributed by atoms with Crippen LogP contribution in [0.15, 0.2) is 24.5 Å². The highest BCUT2D eigenvalue weighted by Crippen LogP contribution is 2.25.